The van der Waals surface area contributed by atoms with Crippen molar-refractivity contribution in [1.29, 1.82) is 0 Å². The molecule has 1 aromatic carbocycles. The van der Waals surface area contributed by atoms with Crippen LogP contribution in [0.15, 0.2) is 30.8 Å². The minimum Gasteiger partial charge on any atom is -0.489 e. The Kier molecular flexibility index (Phi) is 5.58. The first kappa shape index (κ1) is 15.6. The fraction of sp³-hybridized carbons (Fsp3) is 0.619. The van der Waals surface area contributed by atoms with E-state index in [4.69, 9.17) is 4.74 Å². The van der Waals surface area contributed by atoms with E-state index in [1.165, 1.54) is 64.2 Å². The van der Waals surface area contributed by atoms with Gasteiger partial charge in [0, 0.05) is 5.56 Å². The lowest BCUT2D eigenvalue weighted by molar-refractivity contribution is 0.0388. The lowest BCUT2D eigenvalue weighted by Crippen LogP contribution is -2.37. The zero-order valence-corrected chi connectivity index (χ0v) is 13.8. The zero-order valence-electron chi connectivity index (χ0n) is 13.8. The molecule has 0 heterocycles. The maximum atomic E-state index is 6.64. The molecule has 0 atom stereocenters. The molecule has 22 heavy (non-hydrogen) atoms. The molecule has 0 aromatic heterocycles. The van der Waals surface area contributed by atoms with Crippen molar-refractivity contribution in [3.05, 3.63) is 36.4 Å². The quantitative estimate of drug-likeness (QED) is 0.625. The Morgan fingerprint density at radius 1 is 0.864 bits per heavy atom. The first-order valence-electron chi connectivity index (χ1n) is 9.26. The summed E-state index contributed by atoms with van der Waals surface area (Å²) >= 11 is 0. The van der Waals surface area contributed by atoms with Crippen LogP contribution in [0.5, 0.6) is 5.75 Å². The van der Waals surface area contributed by atoms with Crippen molar-refractivity contribution >= 4 is 6.08 Å². The topological polar surface area (TPSA) is 9.23 Å². The van der Waals surface area contributed by atoms with Crippen molar-refractivity contribution in [2.24, 2.45) is 11.8 Å². The lowest BCUT2D eigenvalue weighted by Gasteiger charge is -2.38. The second-order valence-electron chi connectivity index (χ2n) is 7.12. The number of hydrogen-bond acceptors (Lipinski definition) is 1. The van der Waals surface area contributed by atoms with Crippen LogP contribution in [0, 0.1) is 11.8 Å². The van der Waals surface area contributed by atoms with Crippen LogP contribution < -0.4 is 4.74 Å². The second kappa shape index (κ2) is 7.85. The summed E-state index contributed by atoms with van der Waals surface area (Å²) in [5, 5.41) is 0. The summed E-state index contributed by atoms with van der Waals surface area (Å²) in [7, 11) is 0. The fourth-order valence-corrected chi connectivity index (χ4v) is 4.41. The van der Waals surface area contributed by atoms with Gasteiger partial charge in [-0.3, -0.25) is 0 Å². The largest absolute Gasteiger partial charge is 0.489 e. The molecular weight excluding hydrogens is 268 g/mol. The van der Waals surface area contributed by atoms with E-state index >= 15 is 0 Å². The molecule has 3 rings (SSSR count). The highest BCUT2D eigenvalue weighted by Gasteiger charge is 2.33. The standard InChI is InChI=1S/C21H30O/c1-2-17-11-9-10-16-20(17)22-21(18-12-5-3-6-13-18)19-14-7-4-8-15-19/h2,9-11,16,18-19,21H,1,3-8,12-15H2. The lowest BCUT2D eigenvalue weighted by atomic mass is 9.75. The average Bonchev–Trinajstić information content (AvgIpc) is 2.61. The molecule has 0 saturated heterocycles. The van der Waals surface area contributed by atoms with Crippen LogP contribution in [0.2, 0.25) is 0 Å². The third-order valence-corrected chi connectivity index (χ3v) is 5.63. The van der Waals surface area contributed by atoms with Gasteiger partial charge in [0.25, 0.3) is 0 Å². The van der Waals surface area contributed by atoms with Gasteiger partial charge < -0.3 is 4.74 Å². The van der Waals surface area contributed by atoms with Gasteiger partial charge >= 0.3 is 0 Å². The molecule has 0 aliphatic heterocycles. The van der Waals surface area contributed by atoms with E-state index in [0.717, 1.165) is 23.1 Å². The SMILES string of the molecule is C=Cc1ccccc1OC(C1CCCCC1)C1CCCCC1. The summed E-state index contributed by atoms with van der Waals surface area (Å²) in [6.45, 7) is 3.94. The summed E-state index contributed by atoms with van der Waals surface area (Å²) in [5.41, 5.74) is 1.14. The van der Waals surface area contributed by atoms with Gasteiger partial charge in [0.15, 0.2) is 0 Å². The smallest absolute Gasteiger partial charge is 0.126 e. The van der Waals surface area contributed by atoms with Crippen LogP contribution in [0.4, 0.5) is 0 Å². The summed E-state index contributed by atoms with van der Waals surface area (Å²) < 4.78 is 6.64. The predicted octanol–water partition coefficient (Wildman–Crippen LogP) is 6.24. The Labute approximate surface area is 135 Å². The number of hydrogen-bond donors (Lipinski definition) is 0. The third-order valence-electron chi connectivity index (χ3n) is 5.63. The van der Waals surface area contributed by atoms with E-state index in [9.17, 15) is 0 Å². The normalized spacial score (nSPS) is 21.0. The zero-order chi connectivity index (χ0) is 15.2. The van der Waals surface area contributed by atoms with Crippen molar-refractivity contribution in [3.8, 4) is 5.75 Å². The Morgan fingerprint density at radius 3 is 1.95 bits per heavy atom. The van der Waals surface area contributed by atoms with Crippen LogP contribution in [0.1, 0.15) is 69.8 Å². The van der Waals surface area contributed by atoms with E-state index in [1.807, 2.05) is 6.08 Å². The highest BCUT2D eigenvalue weighted by Crippen LogP contribution is 2.38. The second-order valence-corrected chi connectivity index (χ2v) is 7.12. The molecular formula is C21H30O. The summed E-state index contributed by atoms with van der Waals surface area (Å²) in [4.78, 5) is 0. The highest BCUT2D eigenvalue weighted by atomic mass is 16.5. The Bertz CT molecular complexity index is 449. The molecule has 1 heteroatoms. The average molecular weight is 298 g/mol. The third kappa shape index (κ3) is 3.74. The molecule has 0 radical (unpaired) electrons. The van der Waals surface area contributed by atoms with Crippen molar-refractivity contribution in [3.63, 3.8) is 0 Å². The van der Waals surface area contributed by atoms with E-state index < -0.39 is 0 Å². The van der Waals surface area contributed by atoms with Crippen molar-refractivity contribution < 1.29 is 4.74 Å². The number of ether oxygens (including phenoxy) is 1. The maximum Gasteiger partial charge on any atom is 0.126 e. The van der Waals surface area contributed by atoms with Crippen LogP contribution in [0.25, 0.3) is 6.08 Å². The molecule has 0 N–H and O–H groups in total. The molecule has 0 amide bonds. The van der Waals surface area contributed by atoms with Gasteiger partial charge in [-0.25, -0.2) is 0 Å². The molecule has 2 aliphatic carbocycles. The van der Waals surface area contributed by atoms with Crippen molar-refractivity contribution in [1.82, 2.24) is 0 Å². The minimum atomic E-state index is 0.418. The Balaban J connectivity index is 1.78. The minimum absolute atomic E-state index is 0.418. The molecule has 0 spiro atoms. The molecule has 1 nitrogen and oxygen atoms in total. The molecule has 2 saturated carbocycles. The Morgan fingerprint density at radius 2 is 1.41 bits per heavy atom. The van der Waals surface area contributed by atoms with Gasteiger partial charge in [0.05, 0.1) is 0 Å². The van der Waals surface area contributed by atoms with Gasteiger partial charge in [-0.15, -0.1) is 0 Å². The van der Waals surface area contributed by atoms with E-state index in [-0.39, 0.29) is 0 Å². The van der Waals surface area contributed by atoms with Gasteiger partial charge in [0.1, 0.15) is 11.9 Å². The van der Waals surface area contributed by atoms with Gasteiger partial charge in [-0.1, -0.05) is 69.4 Å². The van der Waals surface area contributed by atoms with Crippen LogP contribution >= 0.6 is 0 Å². The number of rotatable bonds is 5. The Hall–Kier alpha value is -1.24. The molecule has 0 unspecified atom stereocenters. The van der Waals surface area contributed by atoms with Gasteiger partial charge in [0.2, 0.25) is 0 Å². The number of para-hydroxylation sites is 1. The summed E-state index contributed by atoms with van der Waals surface area (Å²) in [6, 6.07) is 8.39. The first-order chi connectivity index (χ1) is 10.9. The maximum absolute atomic E-state index is 6.64. The van der Waals surface area contributed by atoms with E-state index in [1.54, 1.807) is 0 Å². The summed E-state index contributed by atoms with van der Waals surface area (Å²) in [6.07, 6.45) is 16.2. The predicted molar refractivity (Wildman–Crippen MR) is 94.1 cm³/mol. The highest BCUT2D eigenvalue weighted by molar-refractivity contribution is 5.55. The van der Waals surface area contributed by atoms with Crippen LogP contribution in [-0.2, 0) is 0 Å². The molecule has 120 valence electrons. The summed E-state index contributed by atoms with van der Waals surface area (Å²) in [5.74, 6) is 2.56. The number of benzene rings is 1. The first-order valence-corrected chi connectivity index (χ1v) is 9.26. The molecule has 1 aromatic rings. The van der Waals surface area contributed by atoms with E-state index in [0.29, 0.717) is 6.10 Å². The van der Waals surface area contributed by atoms with Crippen LogP contribution in [-0.4, -0.2) is 6.10 Å². The molecule has 2 aliphatic rings. The fourth-order valence-electron chi connectivity index (χ4n) is 4.41. The van der Waals surface area contributed by atoms with Crippen LogP contribution in [0.3, 0.4) is 0 Å². The van der Waals surface area contributed by atoms with Crippen molar-refractivity contribution in [2.45, 2.75) is 70.3 Å². The monoisotopic (exact) mass is 298 g/mol. The van der Waals surface area contributed by atoms with Crippen molar-refractivity contribution in [2.75, 3.05) is 0 Å². The van der Waals surface area contributed by atoms with E-state index in [2.05, 4.69) is 30.8 Å². The van der Waals surface area contributed by atoms with Gasteiger partial charge in [-0.05, 0) is 43.6 Å². The molecule has 0 bridgehead atoms. The molecule has 2 fully saturated rings. The van der Waals surface area contributed by atoms with Gasteiger partial charge in [-0.2, -0.15) is 0 Å².